The van der Waals surface area contributed by atoms with Gasteiger partial charge in [-0.1, -0.05) is 74.5 Å². The molecule has 202 valence electrons. The van der Waals surface area contributed by atoms with E-state index in [1.165, 1.54) is 22.3 Å². The van der Waals surface area contributed by atoms with Crippen LogP contribution in [0.3, 0.4) is 0 Å². The van der Waals surface area contributed by atoms with E-state index in [0.29, 0.717) is 19.0 Å². The number of aromatic hydroxyl groups is 1. The Morgan fingerprint density at radius 3 is 2.00 bits per heavy atom. The molecule has 5 nitrogen and oxygen atoms in total. The van der Waals surface area contributed by atoms with E-state index in [1.807, 2.05) is 74.5 Å². The topological polar surface area (TPSA) is 51.2 Å². The van der Waals surface area contributed by atoms with Gasteiger partial charge in [0.05, 0.1) is 7.11 Å². The van der Waals surface area contributed by atoms with Crippen molar-refractivity contribution in [3.8, 4) is 23.0 Å². The fourth-order valence-corrected chi connectivity index (χ4v) is 5.47. The monoisotopic (exact) mass is 523 g/mol. The van der Waals surface area contributed by atoms with Gasteiger partial charge in [-0.25, -0.2) is 0 Å². The molecule has 2 heterocycles. The summed E-state index contributed by atoms with van der Waals surface area (Å²) in [5, 5.41) is 10.8. The normalized spacial score (nSPS) is 15.6. The van der Waals surface area contributed by atoms with Crippen LogP contribution in [-0.2, 0) is 32.6 Å². The summed E-state index contributed by atoms with van der Waals surface area (Å²) < 4.78 is 17.9. The predicted octanol–water partition coefficient (Wildman–Crippen LogP) is 7.24. The number of hydrogen-bond acceptors (Lipinski definition) is 5. The lowest BCUT2D eigenvalue weighted by Gasteiger charge is -2.41. The summed E-state index contributed by atoms with van der Waals surface area (Å²) in [4.78, 5) is 2.52. The maximum Gasteiger partial charge on any atom is 0.162 e. The molecule has 4 aromatic rings. The van der Waals surface area contributed by atoms with Crippen molar-refractivity contribution < 1.29 is 19.3 Å². The molecule has 0 saturated carbocycles. The zero-order valence-electron chi connectivity index (χ0n) is 23.0. The molecule has 0 saturated heterocycles. The second-order valence-electron chi connectivity index (χ2n) is 9.78. The Hall–Kier alpha value is -3.96. The van der Waals surface area contributed by atoms with E-state index in [-0.39, 0.29) is 11.8 Å². The van der Waals surface area contributed by atoms with E-state index in [2.05, 4.69) is 29.2 Å². The smallest absolute Gasteiger partial charge is 0.162 e. The summed E-state index contributed by atoms with van der Waals surface area (Å²) in [6, 6.07) is 28.6. The molecule has 6 rings (SSSR count). The molecule has 1 unspecified atom stereocenters. The molecular formula is C34H37NO4. The molecule has 39 heavy (non-hydrogen) atoms. The SMILES string of the molecule is CC.COc1cc2c(cc1OCc1ccccc1)C1Cc3cc(O)c(OCc4ccccc4)cc3CN1CC2. The zero-order valence-corrected chi connectivity index (χ0v) is 23.0. The van der Waals surface area contributed by atoms with Crippen LogP contribution in [-0.4, -0.2) is 23.7 Å². The van der Waals surface area contributed by atoms with Crippen molar-refractivity contribution in [1.29, 1.82) is 0 Å². The van der Waals surface area contributed by atoms with Gasteiger partial charge in [-0.3, -0.25) is 4.90 Å². The van der Waals surface area contributed by atoms with Crippen molar-refractivity contribution in [3.63, 3.8) is 0 Å². The molecule has 1 atom stereocenters. The number of phenols is 1. The number of ether oxygens (including phenoxy) is 3. The fourth-order valence-electron chi connectivity index (χ4n) is 5.47. The van der Waals surface area contributed by atoms with Crippen molar-refractivity contribution in [2.24, 2.45) is 0 Å². The van der Waals surface area contributed by atoms with E-state index in [1.54, 1.807) is 7.11 Å². The van der Waals surface area contributed by atoms with Gasteiger partial charge in [0.2, 0.25) is 0 Å². The highest BCUT2D eigenvalue weighted by Gasteiger charge is 2.34. The molecule has 1 N–H and O–H groups in total. The third-order valence-electron chi connectivity index (χ3n) is 7.44. The third-order valence-corrected chi connectivity index (χ3v) is 7.44. The first-order chi connectivity index (χ1) is 19.2. The van der Waals surface area contributed by atoms with E-state index < -0.39 is 0 Å². The summed E-state index contributed by atoms with van der Waals surface area (Å²) >= 11 is 0. The molecule has 2 aliphatic rings. The molecule has 5 heteroatoms. The molecule has 0 radical (unpaired) electrons. The Bertz CT molecular complexity index is 1390. The lowest BCUT2D eigenvalue weighted by molar-refractivity contribution is 0.159. The van der Waals surface area contributed by atoms with Gasteiger partial charge in [-0.2, -0.15) is 0 Å². The number of rotatable bonds is 7. The van der Waals surface area contributed by atoms with E-state index >= 15 is 0 Å². The van der Waals surface area contributed by atoms with Gasteiger partial charge in [-0.15, -0.1) is 0 Å². The van der Waals surface area contributed by atoms with E-state index in [9.17, 15) is 5.11 Å². The quantitative estimate of drug-likeness (QED) is 0.277. The predicted molar refractivity (Wildman–Crippen MR) is 155 cm³/mol. The second-order valence-corrected chi connectivity index (χ2v) is 9.78. The second kappa shape index (κ2) is 12.3. The highest BCUT2D eigenvalue weighted by Crippen LogP contribution is 2.44. The van der Waals surface area contributed by atoms with Crippen LogP contribution in [0.15, 0.2) is 84.9 Å². The third kappa shape index (κ3) is 5.89. The van der Waals surface area contributed by atoms with Crippen LogP contribution in [0.25, 0.3) is 0 Å². The maximum absolute atomic E-state index is 10.8. The summed E-state index contributed by atoms with van der Waals surface area (Å²) in [5.41, 5.74) is 7.17. The molecule has 0 amide bonds. The van der Waals surface area contributed by atoms with Gasteiger partial charge in [0.15, 0.2) is 23.0 Å². The average Bonchev–Trinajstić information content (AvgIpc) is 2.99. The first kappa shape index (κ1) is 26.6. The number of methoxy groups -OCH3 is 1. The molecular weight excluding hydrogens is 486 g/mol. The van der Waals surface area contributed by atoms with Gasteiger partial charge < -0.3 is 19.3 Å². The molecule has 0 aromatic heterocycles. The number of hydrogen-bond donors (Lipinski definition) is 1. The van der Waals surface area contributed by atoms with E-state index in [4.69, 9.17) is 14.2 Å². The minimum absolute atomic E-state index is 0.195. The average molecular weight is 524 g/mol. The summed E-state index contributed by atoms with van der Waals surface area (Å²) in [6.45, 7) is 6.73. The van der Waals surface area contributed by atoms with Gasteiger partial charge in [0.25, 0.3) is 0 Å². The molecule has 2 aliphatic heterocycles. The largest absolute Gasteiger partial charge is 0.504 e. The molecule has 0 bridgehead atoms. The highest BCUT2D eigenvalue weighted by molar-refractivity contribution is 5.52. The summed E-state index contributed by atoms with van der Waals surface area (Å²) in [7, 11) is 1.70. The Labute approximate surface area is 231 Å². The fraction of sp³-hybridized carbons (Fsp3) is 0.294. The standard InChI is InChI=1S/C32H31NO4.C2H6/c1-35-31-16-24-12-13-33-19-26-17-30(36-20-22-8-4-2-5-9-22)29(34)15-25(26)14-28(33)27(24)18-32(31)37-21-23-10-6-3-7-11-23;1-2/h2-11,15-18,28,34H,12-14,19-21H2,1H3;1-2H3. The molecule has 0 fully saturated rings. The van der Waals surface area contributed by atoms with Gasteiger partial charge >= 0.3 is 0 Å². The summed E-state index contributed by atoms with van der Waals surface area (Å²) in [5.74, 6) is 2.28. The van der Waals surface area contributed by atoms with Crippen LogP contribution in [0.5, 0.6) is 23.0 Å². The summed E-state index contributed by atoms with van der Waals surface area (Å²) in [6.07, 6.45) is 1.80. The Kier molecular flexibility index (Phi) is 8.38. The number of benzene rings is 4. The zero-order chi connectivity index (χ0) is 27.2. The van der Waals surface area contributed by atoms with Gasteiger partial charge in [0, 0.05) is 19.1 Å². The molecule has 4 aromatic carbocycles. The first-order valence-corrected chi connectivity index (χ1v) is 13.8. The Morgan fingerprint density at radius 2 is 1.36 bits per heavy atom. The molecule has 0 spiro atoms. The minimum Gasteiger partial charge on any atom is -0.504 e. The van der Waals surface area contributed by atoms with Crippen LogP contribution in [0.2, 0.25) is 0 Å². The Balaban J connectivity index is 0.00000151. The van der Waals surface area contributed by atoms with Gasteiger partial charge in [0.1, 0.15) is 13.2 Å². The number of nitrogens with zero attached hydrogens (tertiary/aromatic N) is 1. The Morgan fingerprint density at radius 1 is 0.744 bits per heavy atom. The van der Waals surface area contributed by atoms with Crippen molar-refractivity contribution in [3.05, 3.63) is 118 Å². The first-order valence-electron chi connectivity index (χ1n) is 13.8. The highest BCUT2D eigenvalue weighted by atomic mass is 16.5. The van der Waals surface area contributed by atoms with Crippen LogP contribution in [0.1, 0.15) is 53.3 Å². The van der Waals surface area contributed by atoms with Crippen LogP contribution in [0.4, 0.5) is 0 Å². The lowest BCUT2D eigenvalue weighted by atomic mass is 9.83. The molecule has 0 aliphatic carbocycles. The van der Waals surface area contributed by atoms with Crippen molar-refractivity contribution in [2.45, 2.75) is 52.5 Å². The minimum atomic E-state index is 0.195. The van der Waals surface area contributed by atoms with E-state index in [0.717, 1.165) is 48.6 Å². The number of phenolic OH excluding ortho intramolecular Hbond substituents is 1. The van der Waals surface area contributed by atoms with Crippen LogP contribution < -0.4 is 14.2 Å². The number of fused-ring (bicyclic) bond motifs is 4. The maximum atomic E-state index is 10.8. The van der Waals surface area contributed by atoms with Crippen molar-refractivity contribution >= 4 is 0 Å². The van der Waals surface area contributed by atoms with Crippen LogP contribution in [0, 0.1) is 0 Å². The van der Waals surface area contributed by atoms with Crippen molar-refractivity contribution in [1.82, 2.24) is 4.90 Å². The van der Waals surface area contributed by atoms with Crippen molar-refractivity contribution in [2.75, 3.05) is 13.7 Å². The van der Waals surface area contributed by atoms with Crippen LogP contribution >= 0.6 is 0 Å². The van der Waals surface area contributed by atoms with Gasteiger partial charge in [-0.05, 0) is 70.5 Å². The lowest BCUT2D eigenvalue weighted by Crippen LogP contribution is -2.39.